The number of carboxylic acid groups (broad SMARTS) is 1. The summed E-state index contributed by atoms with van der Waals surface area (Å²) in [5.41, 5.74) is 3.40. The maximum atomic E-state index is 10.1. The molecule has 2 N–H and O–H groups in total. The van der Waals surface area contributed by atoms with Gasteiger partial charge in [0.1, 0.15) is 11.3 Å². The van der Waals surface area contributed by atoms with E-state index in [1.165, 1.54) is 0 Å². The molecule has 0 amide bonds. The van der Waals surface area contributed by atoms with E-state index in [-0.39, 0.29) is 6.42 Å². The fourth-order valence-electron chi connectivity index (χ4n) is 2.27. The lowest BCUT2D eigenvalue weighted by molar-refractivity contribution is -0.136. The molecule has 0 spiro atoms. The van der Waals surface area contributed by atoms with E-state index in [0.29, 0.717) is 0 Å². The normalized spacial score (nSPS) is 10.2. The summed E-state index contributed by atoms with van der Waals surface area (Å²) in [6.45, 7) is 0. The molecule has 0 aliphatic rings. The second kappa shape index (κ2) is 8.22. The molecule has 0 fully saturated rings. The van der Waals surface area contributed by atoms with Gasteiger partial charge in [-0.1, -0.05) is 17.7 Å². The van der Waals surface area contributed by atoms with Crippen LogP contribution < -0.4 is 0 Å². The average Bonchev–Trinajstić information content (AvgIpc) is 3.07. The van der Waals surface area contributed by atoms with Gasteiger partial charge in [0.05, 0.1) is 6.42 Å². The van der Waals surface area contributed by atoms with Crippen molar-refractivity contribution in [3.8, 4) is 11.4 Å². The molecule has 130 valence electrons. The third kappa shape index (κ3) is 4.64. The molecule has 6 nitrogen and oxygen atoms in total. The van der Waals surface area contributed by atoms with Crippen LogP contribution in [0, 0.1) is 0 Å². The van der Waals surface area contributed by atoms with Gasteiger partial charge in [0, 0.05) is 29.2 Å². The predicted molar refractivity (Wildman–Crippen MR) is 99.9 cm³/mol. The van der Waals surface area contributed by atoms with E-state index in [4.69, 9.17) is 16.7 Å². The van der Waals surface area contributed by atoms with Crippen molar-refractivity contribution >= 4 is 28.7 Å². The minimum absolute atomic E-state index is 0.0494. The zero-order chi connectivity index (χ0) is 18.4. The molecule has 0 unspecified atom stereocenters. The first-order valence-corrected chi connectivity index (χ1v) is 8.17. The second-order valence-corrected chi connectivity index (χ2v) is 5.83. The SMILES string of the molecule is Clc1ccc(-c2nc3cccnc3[nH]2)cc1.O=C(O)Cc1cccnc1. The molecule has 3 aromatic heterocycles. The third-order valence-electron chi connectivity index (χ3n) is 3.45. The number of benzene rings is 1. The first-order valence-electron chi connectivity index (χ1n) is 7.79. The minimum atomic E-state index is -0.826. The number of nitrogens with one attached hydrogen (secondary N) is 1. The van der Waals surface area contributed by atoms with Crippen molar-refractivity contribution in [1.29, 1.82) is 0 Å². The Morgan fingerprint density at radius 3 is 2.50 bits per heavy atom. The molecule has 0 bridgehead atoms. The van der Waals surface area contributed by atoms with Crippen LogP contribution in [0.4, 0.5) is 0 Å². The highest BCUT2D eigenvalue weighted by Crippen LogP contribution is 2.20. The van der Waals surface area contributed by atoms with Crippen LogP contribution in [0.15, 0.2) is 67.1 Å². The molecule has 0 aliphatic heterocycles. The number of halogens is 1. The number of nitrogens with zero attached hydrogens (tertiary/aromatic N) is 3. The van der Waals surface area contributed by atoms with E-state index in [0.717, 1.165) is 33.1 Å². The van der Waals surface area contributed by atoms with Crippen LogP contribution >= 0.6 is 11.6 Å². The summed E-state index contributed by atoms with van der Waals surface area (Å²) >= 11 is 5.83. The third-order valence-corrected chi connectivity index (χ3v) is 3.70. The van der Waals surface area contributed by atoms with Crippen molar-refractivity contribution in [1.82, 2.24) is 19.9 Å². The summed E-state index contributed by atoms with van der Waals surface area (Å²) in [4.78, 5) is 25.7. The lowest BCUT2D eigenvalue weighted by atomic mass is 10.2. The van der Waals surface area contributed by atoms with Crippen LogP contribution in [0.2, 0.25) is 5.02 Å². The van der Waals surface area contributed by atoms with Crippen molar-refractivity contribution in [3.63, 3.8) is 0 Å². The Kier molecular flexibility index (Phi) is 5.56. The molecule has 0 atom stereocenters. The fraction of sp³-hybridized carbons (Fsp3) is 0.0526. The number of aromatic amines is 1. The molecular weight excluding hydrogens is 352 g/mol. The largest absolute Gasteiger partial charge is 0.481 e. The number of carboxylic acids is 1. The van der Waals surface area contributed by atoms with Crippen molar-refractivity contribution in [2.75, 3.05) is 0 Å². The molecule has 4 rings (SSSR count). The van der Waals surface area contributed by atoms with Gasteiger partial charge in [-0.05, 0) is 48.0 Å². The summed E-state index contributed by atoms with van der Waals surface area (Å²) in [7, 11) is 0. The summed E-state index contributed by atoms with van der Waals surface area (Å²) in [6.07, 6.45) is 4.96. The topological polar surface area (TPSA) is 91.8 Å². The van der Waals surface area contributed by atoms with Gasteiger partial charge in [0.2, 0.25) is 0 Å². The number of hydrogen-bond donors (Lipinski definition) is 2. The smallest absolute Gasteiger partial charge is 0.307 e. The standard InChI is InChI=1S/C12H8ClN3.C7H7NO2/c13-9-5-3-8(4-6-9)11-15-10-2-1-7-14-12(10)16-11;9-7(10)4-6-2-1-3-8-5-6/h1-7H,(H,14,15,16);1-3,5H,4H2,(H,9,10). The Hall–Kier alpha value is -3.25. The van der Waals surface area contributed by atoms with Gasteiger partial charge < -0.3 is 10.1 Å². The summed E-state index contributed by atoms with van der Waals surface area (Å²) in [5, 5.41) is 9.06. The number of imidazole rings is 1. The summed E-state index contributed by atoms with van der Waals surface area (Å²) in [6, 6.07) is 14.8. The number of pyridine rings is 2. The monoisotopic (exact) mass is 366 g/mol. The molecule has 7 heteroatoms. The van der Waals surface area contributed by atoms with Crippen LogP contribution in [-0.2, 0) is 11.2 Å². The van der Waals surface area contributed by atoms with E-state index in [9.17, 15) is 4.79 Å². The Morgan fingerprint density at radius 2 is 1.85 bits per heavy atom. The van der Waals surface area contributed by atoms with Crippen molar-refractivity contribution < 1.29 is 9.90 Å². The first kappa shape index (κ1) is 17.6. The van der Waals surface area contributed by atoms with Crippen LogP contribution in [0.25, 0.3) is 22.6 Å². The maximum Gasteiger partial charge on any atom is 0.307 e. The van der Waals surface area contributed by atoms with Crippen LogP contribution in [0.5, 0.6) is 0 Å². The van der Waals surface area contributed by atoms with E-state index in [1.54, 1.807) is 30.7 Å². The summed E-state index contributed by atoms with van der Waals surface area (Å²) < 4.78 is 0. The lowest BCUT2D eigenvalue weighted by Crippen LogP contribution is -1.99. The molecule has 1 aromatic carbocycles. The van der Waals surface area contributed by atoms with Crippen LogP contribution in [0.1, 0.15) is 5.56 Å². The quantitative estimate of drug-likeness (QED) is 0.572. The molecule has 0 radical (unpaired) electrons. The molecule has 0 saturated carbocycles. The van der Waals surface area contributed by atoms with Crippen LogP contribution in [-0.4, -0.2) is 31.0 Å². The predicted octanol–water partition coefficient (Wildman–Crippen LogP) is 3.99. The number of carbonyl (C=O) groups is 1. The Morgan fingerprint density at radius 1 is 1.08 bits per heavy atom. The zero-order valence-corrected chi connectivity index (χ0v) is 14.4. The van der Waals surface area contributed by atoms with Gasteiger partial charge in [-0.2, -0.15) is 0 Å². The van der Waals surface area contributed by atoms with Crippen molar-refractivity contribution in [3.05, 3.63) is 77.7 Å². The number of hydrogen-bond acceptors (Lipinski definition) is 4. The molecule has 0 saturated heterocycles. The van der Waals surface area contributed by atoms with Gasteiger partial charge in [-0.25, -0.2) is 9.97 Å². The van der Waals surface area contributed by atoms with E-state index in [1.807, 2.05) is 36.4 Å². The van der Waals surface area contributed by atoms with Gasteiger partial charge in [0.15, 0.2) is 5.65 Å². The highest BCUT2D eigenvalue weighted by atomic mass is 35.5. The lowest BCUT2D eigenvalue weighted by Gasteiger charge is -1.95. The van der Waals surface area contributed by atoms with E-state index >= 15 is 0 Å². The Balaban J connectivity index is 0.000000170. The highest BCUT2D eigenvalue weighted by molar-refractivity contribution is 6.30. The first-order chi connectivity index (χ1) is 12.6. The van der Waals surface area contributed by atoms with Gasteiger partial charge in [0.25, 0.3) is 0 Å². The number of aliphatic carboxylic acids is 1. The Bertz CT molecular complexity index is 968. The van der Waals surface area contributed by atoms with E-state index in [2.05, 4.69) is 19.9 Å². The van der Waals surface area contributed by atoms with Crippen LogP contribution in [0.3, 0.4) is 0 Å². The summed E-state index contributed by atoms with van der Waals surface area (Å²) in [5.74, 6) is -0.0154. The molecular formula is C19H15ClN4O2. The van der Waals surface area contributed by atoms with Gasteiger partial charge in [-0.15, -0.1) is 0 Å². The van der Waals surface area contributed by atoms with Crippen molar-refractivity contribution in [2.24, 2.45) is 0 Å². The zero-order valence-electron chi connectivity index (χ0n) is 13.6. The number of fused-ring (bicyclic) bond motifs is 1. The molecule has 4 aromatic rings. The van der Waals surface area contributed by atoms with Crippen molar-refractivity contribution in [2.45, 2.75) is 6.42 Å². The number of aromatic nitrogens is 4. The average molecular weight is 367 g/mol. The Labute approximate surface area is 154 Å². The maximum absolute atomic E-state index is 10.1. The minimum Gasteiger partial charge on any atom is -0.481 e. The number of H-pyrrole nitrogens is 1. The second-order valence-electron chi connectivity index (χ2n) is 5.40. The highest BCUT2D eigenvalue weighted by Gasteiger charge is 2.04. The fourth-order valence-corrected chi connectivity index (χ4v) is 2.39. The van der Waals surface area contributed by atoms with Gasteiger partial charge in [-0.3, -0.25) is 9.78 Å². The van der Waals surface area contributed by atoms with E-state index < -0.39 is 5.97 Å². The molecule has 3 heterocycles. The number of rotatable bonds is 3. The van der Waals surface area contributed by atoms with Gasteiger partial charge >= 0.3 is 5.97 Å². The molecule has 0 aliphatic carbocycles. The molecule has 26 heavy (non-hydrogen) atoms.